The minimum absolute atomic E-state index is 0.0519. The van der Waals surface area contributed by atoms with E-state index in [1.54, 1.807) is 6.92 Å². The van der Waals surface area contributed by atoms with Crippen molar-refractivity contribution in [3.05, 3.63) is 34.4 Å². The molecule has 224 valence electrons. The van der Waals surface area contributed by atoms with Crippen LogP contribution in [0.4, 0.5) is 0 Å². The van der Waals surface area contributed by atoms with Crippen molar-refractivity contribution < 1.29 is 44.5 Å². The first-order chi connectivity index (χ1) is 18.9. The van der Waals surface area contributed by atoms with Crippen LogP contribution in [0.15, 0.2) is 27.6 Å². The van der Waals surface area contributed by atoms with Gasteiger partial charge in [0.2, 0.25) is 0 Å². The largest absolute Gasteiger partial charge is 0.431 e. The lowest BCUT2D eigenvalue weighted by molar-refractivity contribution is -0.322. The summed E-state index contributed by atoms with van der Waals surface area (Å²) in [5, 5.41) is 66.2. The highest BCUT2D eigenvalue weighted by atomic mass is 16.7. The third kappa shape index (κ3) is 3.94. The van der Waals surface area contributed by atoms with E-state index >= 15 is 0 Å². The molecule has 1 aromatic heterocycles. The highest BCUT2D eigenvalue weighted by Crippen LogP contribution is 2.71. The standard InChI is InChI=1S/C30H44O10/c1-16-23(33)24(34)25(35)26(39-16)40-18-5-10-28(15-31)20-6-9-27(2)19(17-3-4-22(32)38-14-17)8-12-30(27,37)21(20)7-11-29(28,36)13-18/h3-4,14,16,18-21,23-26,31,33-37H,5-13,15H2,1-2H3/t16-,18?,19-,20?,21-,23+,24+,25-,26?,27-,28+,29+,30+/m1/s1. The van der Waals surface area contributed by atoms with Crippen molar-refractivity contribution >= 4 is 0 Å². The summed E-state index contributed by atoms with van der Waals surface area (Å²) >= 11 is 0. The van der Waals surface area contributed by atoms with Gasteiger partial charge < -0.3 is 44.5 Å². The third-order valence-electron chi connectivity index (χ3n) is 12.2. The summed E-state index contributed by atoms with van der Waals surface area (Å²) in [6, 6.07) is 3.24. The van der Waals surface area contributed by atoms with Gasteiger partial charge in [0.25, 0.3) is 0 Å². The predicted octanol–water partition coefficient (Wildman–Crippen LogP) is 1.18. The maximum absolute atomic E-state index is 12.4. The van der Waals surface area contributed by atoms with Crippen LogP contribution in [-0.4, -0.2) is 85.3 Å². The van der Waals surface area contributed by atoms with E-state index in [0.717, 1.165) is 24.8 Å². The molecule has 10 heteroatoms. The smallest absolute Gasteiger partial charge is 0.335 e. The van der Waals surface area contributed by atoms with Crippen LogP contribution in [0.3, 0.4) is 0 Å². The van der Waals surface area contributed by atoms with E-state index in [9.17, 15) is 35.4 Å². The Morgan fingerprint density at radius 1 is 0.950 bits per heavy atom. The van der Waals surface area contributed by atoms with Crippen molar-refractivity contribution in [2.75, 3.05) is 6.61 Å². The quantitative estimate of drug-likeness (QED) is 0.292. The summed E-state index contributed by atoms with van der Waals surface area (Å²) in [4.78, 5) is 11.6. The van der Waals surface area contributed by atoms with Crippen LogP contribution in [0.25, 0.3) is 0 Å². The normalized spacial score (nSPS) is 52.5. The fraction of sp³-hybridized carbons (Fsp3) is 0.833. The molecule has 5 fully saturated rings. The molecule has 0 radical (unpaired) electrons. The van der Waals surface area contributed by atoms with Gasteiger partial charge in [0, 0.05) is 23.3 Å². The molecule has 10 nitrogen and oxygen atoms in total. The summed E-state index contributed by atoms with van der Waals surface area (Å²) in [7, 11) is 0. The molecule has 3 unspecified atom stereocenters. The third-order valence-corrected chi connectivity index (χ3v) is 12.2. The van der Waals surface area contributed by atoms with Gasteiger partial charge in [0.15, 0.2) is 6.29 Å². The second-order valence-electron chi connectivity index (χ2n) is 13.6. The average molecular weight is 565 g/mol. The highest BCUT2D eigenvalue weighted by molar-refractivity contribution is 5.28. The first kappa shape index (κ1) is 28.7. The summed E-state index contributed by atoms with van der Waals surface area (Å²) in [5.74, 6) is -0.106. The lowest BCUT2D eigenvalue weighted by atomic mass is 9.41. The molecule has 4 aliphatic carbocycles. The predicted molar refractivity (Wildman–Crippen MR) is 141 cm³/mol. The maximum atomic E-state index is 12.4. The van der Waals surface area contributed by atoms with Gasteiger partial charge in [-0.25, -0.2) is 4.79 Å². The van der Waals surface area contributed by atoms with Gasteiger partial charge in [-0.1, -0.05) is 6.92 Å². The second kappa shape index (κ2) is 9.84. The van der Waals surface area contributed by atoms with Crippen LogP contribution in [0.2, 0.25) is 0 Å². The van der Waals surface area contributed by atoms with Gasteiger partial charge >= 0.3 is 5.63 Å². The number of aliphatic hydroxyl groups is 6. The van der Waals surface area contributed by atoms with E-state index in [4.69, 9.17) is 13.9 Å². The molecule has 0 bridgehead atoms. The molecule has 0 amide bonds. The van der Waals surface area contributed by atoms with E-state index in [1.165, 1.54) is 12.3 Å². The van der Waals surface area contributed by atoms with E-state index in [1.807, 2.05) is 6.07 Å². The highest BCUT2D eigenvalue weighted by Gasteiger charge is 2.71. The molecule has 6 rings (SSSR count). The Bertz CT molecular complexity index is 1140. The van der Waals surface area contributed by atoms with Gasteiger partial charge in [-0.3, -0.25) is 0 Å². The molecule has 0 spiro atoms. The molecule has 1 aliphatic heterocycles. The fourth-order valence-corrected chi connectivity index (χ4v) is 9.85. The lowest BCUT2D eigenvalue weighted by Gasteiger charge is -2.66. The Morgan fingerprint density at radius 3 is 2.40 bits per heavy atom. The maximum Gasteiger partial charge on any atom is 0.335 e. The zero-order valence-corrected chi connectivity index (χ0v) is 23.3. The molecule has 6 N–H and O–H groups in total. The number of rotatable bonds is 4. The lowest BCUT2D eigenvalue weighted by Crippen LogP contribution is -2.69. The Kier molecular flexibility index (Phi) is 7.07. The van der Waals surface area contributed by atoms with Gasteiger partial charge in [-0.05, 0) is 87.7 Å². The van der Waals surface area contributed by atoms with E-state index in [2.05, 4.69) is 6.92 Å². The number of hydrogen-bond donors (Lipinski definition) is 6. The van der Waals surface area contributed by atoms with Crippen LogP contribution < -0.4 is 5.63 Å². The number of fused-ring (bicyclic) bond motifs is 5. The van der Waals surface area contributed by atoms with Gasteiger partial charge in [0.05, 0.1) is 36.3 Å². The molecular weight excluding hydrogens is 520 g/mol. The Hall–Kier alpha value is -1.37. The van der Waals surface area contributed by atoms with Gasteiger partial charge in [-0.2, -0.15) is 0 Å². The summed E-state index contributed by atoms with van der Waals surface area (Å²) in [5.41, 5.74) is -2.87. The summed E-state index contributed by atoms with van der Waals surface area (Å²) in [6.07, 6.45) is 0.344. The van der Waals surface area contributed by atoms with Gasteiger partial charge in [0.1, 0.15) is 18.3 Å². The van der Waals surface area contributed by atoms with Crippen molar-refractivity contribution in [2.24, 2.45) is 22.7 Å². The van der Waals surface area contributed by atoms with Crippen LogP contribution in [0.1, 0.15) is 83.1 Å². The molecule has 1 aromatic rings. The number of aliphatic hydroxyl groups excluding tert-OH is 4. The van der Waals surface area contributed by atoms with E-state index in [0.29, 0.717) is 32.1 Å². The molecule has 5 aliphatic rings. The molecule has 1 saturated heterocycles. The topological polar surface area (TPSA) is 170 Å². The van der Waals surface area contributed by atoms with Crippen molar-refractivity contribution in [2.45, 2.75) is 126 Å². The summed E-state index contributed by atoms with van der Waals surface area (Å²) < 4.78 is 16.9. The first-order valence-corrected chi connectivity index (χ1v) is 14.9. The van der Waals surface area contributed by atoms with E-state index in [-0.39, 0.29) is 30.8 Å². The van der Waals surface area contributed by atoms with Crippen molar-refractivity contribution in [3.8, 4) is 0 Å². The molecule has 13 atom stereocenters. The SMILES string of the molecule is C[C@H]1OC(OC2CC[C@]3(CO)C4CC[C@]5(C)[C@@H](c6ccc(=O)oc6)CC[C@]5(O)[C@@H]4CC[C@]3(O)C2)[C@H](O)[C@@H](O)[C@H]1O. The van der Waals surface area contributed by atoms with Crippen LogP contribution in [-0.2, 0) is 9.47 Å². The Labute approximate surface area is 233 Å². The average Bonchev–Trinajstić information content (AvgIpc) is 3.21. The zero-order chi connectivity index (χ0) is 28.7. The Morgan fingerprint density at radius 2 is 1.70 bits per heavy atom. The Balaban J connectivity index is 1.23. The van der Waals surface area contributed by atoms with E-state index < -0.39 is 64.5 Å². The number of ether oxygens (including phenoxy) is 2. The number of hydrogen-bond acceptors (Lipinski definition) is 10. The molecule has 2 heterocycles. The molecular formula is C30H44O10. The summed E-state index contributed by atoms with van der Waals surface area (Å²) in [6.45, 7) is 3.55. The van der Waals surface area contributed by atoms with Crippen molar-refractivity contribution in [3.63, 3.8) is 0 Å². The fourth-order valence-electron chi connectivity index (χ4n) is 9.85. The monoisotopic (exact) mass is 564 g/mol. The van der Waals surface area contributed by atoms with Crippen molar-refractivity contribution in [1.82, 2.24) is 0 Å². The molecule has 0 aromatic carbocycles. The second-order valence-corrected chi connectivity index (χ2v) is 13.6. The van der Waals surface area contributed by atoms with Gasteiger partial charge in [-0.15, -0.1) is 0 Å². The molecule has 4 saturated carbocycles. The van der Waals surface area contributed by atoms with Crippen LogP contribution in [0, 0.1) is 22.7 Å². The minimum Gasteiger partial charge on any atom is -0.431 e. The van der Waals surface area contributed by atoms with Crippen LogP contribution in [0.5, 0.6) is 0 Å². The first-order valence-electron chi connectivity index (χ1n) is 14.9. The minimum atomic E-state index is -1.42. The van der Waals surface area contributed by atoms with Crippen LogP contribution >= 0.6 is 0 Å². The molecule has 40 heavy (non-hydrogen) atoms. The van der Waals surface area contributed by atoms with Crippen molar-refractivity contribution in [1.29, 1.82) is 0 Å². The zero-order valence-electron chi connectivity index (χ0n) is 23.3.